The van der Waals surface area contributed by atoms with Crippen molar-refractivity contribution < 1.29 is 9.53 Å². The summed E-state index contributed by atoms with van der Waals surface area (Å²) in [5, 5.41) is 0. The summed E-state index contributed by atoms with van der Waals surface area (Å²) in [6.07, 6.45) is 1.27. The minimum absolute atomic E-state index is 0.268. The highest BCUT2D eigenvalue weighted by atomic mass is 32.2. The first-order chi connectivity index (χ1) is 10.7. The van der Waals surface area contributed by atoms with Crippen molar-refractivity contribution in [2.24, 2.45) is 0 Å². The molecule has 0 atom stereocenters. The van der Waals surface area contributed by atoms with Crippen LogP contribution in [0.25, 0.3) is 11.0 Å². The Kier molecular flexibility index (Phi) is 4.29. The standard InChI is InChI=1S/C16H15N3O2S/c1-19(16(20)21-10-12-5-3-2-4-6-12)22-13-7-8-14-15(9-13)18-11-17-14/h2-9,11H,10H2,1H3,(H,17,18). The summed E-state index contributed by atoms with van der Waals surface area (Å²) in [6.45, 7) is 0.268. The molecule has 0 radical (unpaired) electrons. The lowest BCUT2D eigenvalue weighted by atomic mass is 10.2. The Morgan fingerprint density at radius 2 is 2.09 bits per heavy atom. The quantitative estimate of drug-likeness (QED) is 0.744. The number of carbonyl (C=O) groups excluding carboxylic acids is 1. The minimum Gasteiger partial charge on any atom is -0.444 e. The van der Waals surface area contributed by atoms with Gasteiger partial charge < -0.3 is 9.72 Å². The van der Waals surface area contributed by atoms with Crippen molar-refractivity contribution in [3.63, 3.8) is 0 Å². The molecule has 1 amide bonds. The zero-order chi connectivity index (χ0) is 15.4. The number of rotatable bonds is 4. The van der Waals surface area contributed by atoms with Crippen LogP contribution in [0.4, 0.5) is 4.79 Å². The molecule has 0 aliphatic carbocycles. The highest BCUT2D eigenvalue weighted by molar-refractivity contribution is 7.97. The van der Waals surface area contributed by atoms with Crippen LogP contribution in [0, 0.1) is 0 Å². The van der Waals surface area contributed by atoms with Gasteiger partial charge in [-0.1, -0.05) is 30.3 Å². The van der Waals surface area contributed by atoms with E-state index in [9.17, 15) is 4.79 Å². The molecule has 22 heavy (non-hydrogen) atoms. The molecule has 1 heterocycles. The van der Waals surface area contributed by atoms with Crippen LogP contribution >= 0.6 is 11.9 Å². The van der Waals surface area contributed by atoms with Crippen LogP contribution in [-0.4, -0.2) is 27.4 Å². The molecule has 0 saturated carbocycles. The lowest BCUT2D eigenvalue weighted by molar-refractivity contribution is 0.126. The first kappa shape index (κ1) is 14.5. The summed E-state index contributed by atoms with van der Waals surface area (Å²) in [4.78, 5) is 20.2. The van der Waals surface area contributed by atoms with Gasteiger partial charge in [-0.25, -0.2) is 9.78 Å². The number of aromatic nitrogens is 2. The third-order valence-electron chi connectivity index (χ3n) is 3.10. The summed E-state index contributed by atoms with van der Waals surface area (Å²) in [6, 6.07) is 15.4. The van der Waals surface area contributed by atoms with Gasteiger partial charge in [0.25, 0.3) is 0 Å². The van der Waals surface area contributed by atoms with E-state index >= 15 is 0 Å². The summed E-state index contributed by atoms with van der Waals surface area (Å²) >= 11 is 1.32. The topological polar surface area (TPSA) is 58.2 Å². The van der Waals surface area contributed by atoms with E-state index in [1.807, 2.05) is 48.5 Å². The smallest absolute Gasteiger partial charge is 0.420 e. The Morgan fingerprint density at radius 1 is 1.27 bits per heavy atom. The fourth-order valence-electron chi connectivity index (χ4n) is 1.98. The lowest BCUT2D eigenvalue weighted by Crippen LogP contribution is -2.20. The number of H-pyrrole nitrogens is 1. The maximum absolute atomic E-state index is 12.0. The highest BCUT2D eigenvalue weighted by Crippen LogP contribution is 2.24. The molecule has 0 spiro atoms. The number of nitrogens with one attached hydrogen (secondary N) is 1. The van der Waals surface area contributed by atoms with Gasteiger partial charge >= 0.3 is 6.09 Å². The molecular formula is C16H15N3O2S. The van der Waals surface area contributed by atoms with Crippen molar-refractivity contribution in [2.75, 3.05) is 7.05 Å². The van der Waals surface area contributed by atoms with Crippen molar-refractivity contribution in [3.05, 3.63) is 60.4 Å². The van der Waals surface area contributed by atoms with Crippen LogP contribution in [0.1, 0.15) is 5.56 Å². The molecule has 112 valence electrons. The Balaban J connectivity index is 1.58. The fraction of sp³-hybridized carbons (Fsp3) is 0.125. The molecule has 6 heteroatoms. The predicted molar refractivity (Wildman–Crippen MR) is 86.3 cm³/mol. The van der Waals surface area contributed by atoms with Gasteiger partial charge in [-0.15, -0.1) is 0 Å². The molecule has 3 aromatic rings. The maximum atomic E-state index is 12.0. The number of aromatic amines is 1. The van der Waals surface area contributed by atoms with Gasteiger partial charge in [-0.05, 0) is 35.7 Å². The van der Waals surface area contributed by atoms with E-state index in [0.29, 0.717) is 0 Å². The Labute approximate surface area is 132 Å². The maximum Gasteiger partial charge on any atom is 0.420 e. The van der Waals surface area contributed by atoms with Crippen molar-refractivity contribution in [1.29, 1.82) is 0 Å². The molecule has 3 rings (SSSR count). The van der Waals surface area contributed by atoms with E-state index in [2.05, 4.69) is 9.97 Å². The van der Waals surface area contributed by atoms with Crippen LogP contribution in [0.3, 0.4) is 0 Å². The number of benzene rings is 2. The second kappa shape index (κ2) is 6.53. The second-order valence-electron chi connectivity index (χ2n) is 4.71. The zero-order valence-electron chi connectivity index (χ0n) is 12.0. The molecule has 0 saturated heterocycles. The zero-order valence-corrected chi connectivity index (χ0v) is 12.8. The van der Waals surface area contributed by atoms with Gasteiger partial charge in [0.2, 0.25) is 0 Å². The minimum atomic E-state index is -0.376. The van der Waals surface area contributed by atoms with E-state index in [0.717, 1.165) is 21.5 Å². The average molecular weight is 313 g/mol. The summed E-state index contributed by atoms with van der Waals surface area (Å²) in [5.41, 5.74) is 2.81. The van der Waals surface area contributed by atoms with E-state index in [-0.39, 0.29) is 12.7 Å². The predicted octanol–water partition coefficient (Wildman–Crippen LogP) is 3.84. The number of fused-ring (bicyclic) bond motifs is 1. The molecule has 0 aliphatic heterocycles. The number of nitrogens with zero attached hydrogens (tertiary/aromatic N) is 2. The number of carbonyl (C=O) groups is 1. The Hall–Kier alpha value is -2.47. The molecule has 5 nitrogen and oxygen atoms in total. The SMILES string of the molecule is CN(Sc1ccc2nc[nH]c2c1)C(=O)OCc1ccccc1. The van der Waals surface area contributed by atoms with Crippen LogP contribution in [-0.2, 0) is 11.3 Å². The third kappa shape index (κ3) is 3.40. The third-order valence-corrected chi connectivity index (χ3v) is 3.98. The molecule has 0 aliphatic rings. The number of hydrogen-bond donors (Lipinski definition) is 1. The normalized spacial score (nSPS) is 10.6. The van der Waals surface area contributed by atoms with Gasteiger partial charge in [0, 0.05) is 11.9 Å². The van der Waals surface area contributed by atoms with Crippen molar-refractivity contribution >= 4 is 29.1 Å². The van der Waals surface area contributed by atoms with E-state index in [1.54, 1.807) is 13.4 Å². The second-order valence-corrected chi connectivity index (χ2v) is 5.91. The van der Waals surface area contributed by atoms with Crippen molar-refractivity contribution in [3.8, 4) is 0 Å². The summed E-state index contributed by atoms with van der Waals surface area (Å²) in [7, 11) is 1.69. The van der Waals surface area contributed by atoms with Gasteiger partial charge in [0.05, 0.1) is 17.4 Å². The molecular weight excluding hydrogens is 298 g/mol. The Bertz CT molecular complexity index is 773. The number of hydrogen-bond acceptors (Lipinski definition) is 4. The van der Waals surface area contributed by atoms with Gasteiger partial charge in [0.15, 0.2) is 0 Å². The van der Waals surface area contributed by atoms with Gasteiger partial charge in [-0.2, -0.15) is 0 Å². The molecule has 0 unspecified atom stereocenters. The van der Waals surface area contributed by atoms with Crippen molar-refractivity contribution in [1.82, 2.24) is 14.3 Å². The van der Waals surface area contributed by atoms with Crippen LogP contribution < -0.4 is 0 Å². The molecule has 2 aromatic carbocycles. The first-order valence-corrected chi connectivity index (χ1v) is 7.55. The van der Waals surface area contributed by atoms with Crippen LogP contribution in [0.2, 0.25) is 0 Å². The Morgan fingerprint density at radius 3 is 2.91 bits per heavy atom. The fourth-order valence-corrected chi connectivity index (χ4v) is 2.72. The van der Waals surface area contributed by atoms with Gasteiger partial charge in [-0.3, -0.25) is 4.31 Å². The number of imidazole rings is 1. The van der Waals surface area contributed by atoms with Crippen molar-refractivity contribution in [2.45, 2.75) is 11.5 Å². The first-order valence-electron chi connectivity index (χ1n) is 6.78. The molecule has 0 bridgehead atoms. The number of amides is 1. The average Bonchev–Trinajstić information content (AvgIpc) is 3.01. The van der Waals surface area contributed by atoms with E-state index < -0.39 is 0 Å². The van der Waals surface area contributed by atoms with Crippen LogP contribution in [0.5, 0.6) is 0 Å². The summed E-state index contributed by atoms with van der Waals surface area (Å²) < 4.78 is 6.75. The van der Waals surface area contributed by atoms with E-state index in [1.165, 1.54) is 16.3 Å². The van der Waals surface area contributed by atoms with Crippen LogP contribution in [0.15, 0.2) is 59.8 Å². The molecule has 1 aromatic heterocycles. The molecule has 0 fully saturated rings. The monoisotopic (exact) mass is 313 g/mol. The van der Waals surface area contributed by atoms with E-state index in [4.69, 9.17) is 4.74 Å². The molecule has 1 N–H and O–H groups in total. The highest BCUT2D eigenvalue weighted by Gasteiger charge is 2.12. The lowest BCUT2D eigenvalue weighted by Gasteiger charge is -2.15. The summed E-state index contributed by atoms with van der Waals surface area (Å²) in [5.74, 6) is 0. The largest absolute Gasteiger partial charge is 0.444 e. The van der Waals surface area contributed by atoms with Gasteiger partial charge in [0.1, 0.15) is 6.61 Å². The number of ether oxygens (including phenoxy) is 1.